The Balaban J connectivity index is 2.05. The van der Waals surface area contributed by atoms with Crippen LogP contribution < -0.4 is 0 Å². The van der Waals surface area contributed by atoms with Gasteiger partial charge in [-0.25, -0.2) is 4.98 Å². The van der Waals surface area contributed by atoms with Crippen LogP contribution in [0.5, 0.6) is 0 Å². The lowest BCUT2D eigenvalue weighted by Crippen LogP contribution is -2.41. The van der Waals surface area contributed by atoms with Crippen molar-refractivity contribution >= 4 is 5.91 Å². The van der Waals surface area contributed by atoms with Crippen molar-refractivity contribution in [2.75, 3.05) is 27.2 Å². The number of aromatic amines is 1. The van der Waals surface area contributed by atoms with Gasteiger partial charge in [0, 0.05) is 19.1 Å². The van der Waals surface area contributed by atoms with Gasteiger partial charge >= 0.3 is 0 Å². The molecule has 1 N–H and O–H groups in total. The molecule has 1 atom stereocenters. The molecule has 0 saturated carbocycles. The molecule has 1 aliphatic rings. The first-order valence-corrected chi connectivity index (χ1v) is 5.49. The molecule has 1 aliphatic heterocycles. The van der Waals surface area contributed by atoms with Crippen molar-refractivity contribution in [2.45, 2.75) is 18.9 Å². The minimum atomic E-state index is -0.0400. The topological polar surface area (TPSA) is 65.1 Å². The third-order valence-electron chi connectivity index (χ3n) is 2.83. The van der Waals surface area contributed by atoms with E-state index in [9.17, 15) is 4.79 Å². The Morgan fingerprint density at radius 1 is 1.69 bits per heavy atom. The van der Waals surface area contributed by atoms with Crippen molar-refractivity contribution in [1.29, 1.82) is 0 Å². The Hall–Kier alpha value is -1.43. The zero-order chi connectivity index (χ0) is 11.5. The Bertz CT molecular complexity index is 348. The number of hydrogen-bond donors (Lipinski definition) is 1. The van der Waals surface area contributed by atoms with Gasteiger partial charge in [-0.05, 0) is 26.9 Å². The van der Waals surface area contributed by atoms with E-state index in [0.717, 1.165) is 25.9 Å². The number of nitrogens with one attached hydrogen (secondary N) is 1. The summed E-state index contributed by atoms with van der Waals surface area (Å²) < 4.78 is 0. The number of amides is 1. The summed E-state index contributed by atoms with van der Waals surface area (Å²) in [6, 6.07) is 0.299. The number of likely N-dealkylation sites (N-methyl/N-ethyl adjacent to an activating group) is 1. The predicted molar refractivity (Wildman–Crippen MR) is 59.0 cm³/mol. The fourth-order valence-corrected chi connectivity index (χ4v) is 2.16. The van der Waals surface area contributed by atoms with Gasteiger partial charge in [0.2, 0.25) is 5.82 Å². The average Bonchev–Trinajstić information content (AvgIpc) is 2.84. The fraction of sp³-hybridized carbons (Fsp3) is 0.700. The molecule has 1 saturated heterocycles. The highest BCUT2D eigenvalue weighted by Crippen LogP contribution is 2.19. The maximum atomic E-state index is 12.1. The molecule has 6 heteroatoms. The molecule has 88 valence electrons. The van der Waals surface area contributed by atoms with Crippen molar-refractivity contribution in [1.82, 2.24) is 25.0 Å². The minimum absolute atomic E-state index is 0.0400. The predicted octanol–water partition coefficient (Wildman–Crippen LogP) is -0.0291. The van der Waals surface area contributed by atoms with Gasteiger partial charge in [-0.1, -0.05) is 0 Å². The Morgan fingerprint density at radius 3 is 3.12 bits per heavy atom. The van der Waals surface area contributed by atoms with E-state index >= 15 is 0 Å². The Morgan fingerprint density at radius 2 is 2.50 bits per heavy atom. The summed E-state index contributed by atoms with van der Waals surface area (Å²) in [6.07, 6.45) is 3.50. The number of likely N-dealkylation sites (tertiary alicyclic amines) is 1. The number of rotatable bonds is 3. The van der Waals surface area contributed by atoms with E-state index < -0.39 is 0 Å². The smallest absolute Gasteiger partial charge is 0.291 e. The monoisotopic (exact) mass is 223 g/mol. The van der Waals surface area contributed by atoms with E-state index in [1.807, 2.05) is 19.0 Å². The quantitative estimate of drug-likeness (QED) is 0.781. The molecular formula is C10H17N5O. The maximum absolute atomic E-state index is 12.1. The van der Waals surface area contributed by atoms with E-state index in [1.165, 1.54) is 6.33 Å². The number of nitrogens with zero attached hydrogens (tertiary/aromatic N) is 4. The van der Waals surface area contributed by atoms with Crippen LogP contribution in [-0.4, -0.2) is 64.1 Å². The molecule has 1 fully saturated rings. The molecule has 2 rings (SSSR count). The summed E-state index contributed by atoms with van der Waals surface area (Å²) >= 11 is 0. The van der Waals surface area contributed by atoms with Crippen LogP contribution in [-0.2, 0) is 0 Å². The van der Waals surface area contributed by atoms with Crippen LogP contribution in [0.3, 0.4) is 0 Å². The van der Waals surface area contributed by atoms with E-state index in [4.69, 9.17) is 0 Å². The molecule has 1 unspecified atom stereocenters. The Labute approximate surface area is 94.6 Å². The van der Waals surface area contributed by atoms with Crippen molar-refractivity contribution in [2.24, 2.45) is 0 Å². The average molecular weight is 223 g/mol. The van der Waals surface area contributed by atoms with Crippen LogP contribution in [0.2, 0.25) is 0 Å². The molecule has 0 spiro atoms. The molecule has 0 aliphatic carbocycles. The van der Waals surface area contributed by atoms with Crippen molar-refractivity contribution in [3.05, 3.63) is 12.2 Å². The maximum Gasteiger partial charge on any atom is 0.291 e. The zero-order valence-electron chi connectivity index (χ0n) is 9.68. The number of carbonyl (C=O) groups is 1. The second-order valence-corrected chi connectivity index (χ2v) is 4.39. The van der Waals surface area contributed by atoms with E-state index in [2.05, 4.69) is 20.1 Å². The van der Waals surface area contributed by atoms with E-state index in [-0.39, 0.29) is 5.91 Å². The highest BCUT2D eigenvalue weighted by atomic mass is 16.2. The third-order valence-corrected chi connectivity index (χ3v) is 2.83. The van der Waals surface area contributed by atoms with Crippen LogP contribution in [0.25, 0.3) is 0 Å². The normalized spacial score (nSPS) is 20.7. The summed E-state index contributed by atoms with van der Waals surface area (Å²) in [4.78, 5) is 20.0. The largest absolute Gasteiger partial charge is 0.332 e. The standard InChI is InChI=1S/C10H17N5O/c1-14(2)6-8-4-3-5-15(8)10(16)9-11-7-12-13-9/h7-8H,3-6H2,1-2H3,(H,11,12,13). The van der Waals surface area contributed by atoms with Crippen LogP contribution >= 0.6 is 0 Å². The first kappa shape index (κ1) is 11.1. The number of carbonyl (C=O) groups excluding carboxylic acids is 1. The molecule has 1 aromatic heterocycles. The van der Waals surface area contributed by atoms with Crippen LogP contribution in [0.15, 0.2) is 6.33 Å². The summed E-state index contributed by atoms with van der Waals surface area (Å²) in [5, 5.41) is 6.33. The van der Waals surface area contributed by atoms with Crippen molar-refractivity contribution in [3.63, 3.8) is 0 Å². The van der Waals surface area contributed by atoms with Crippen molar-refractivity contribution < 1.29 is 4.79 Å². The summed E-state index contributed by atoms with van der Waals surface area (Å²) in [5.41, 5.74) is 0. The van der Waals surface area contributed by atoms with Gasteiger partial charge in [-0.2, -0.15) is 5.10 Å². The molecule has 0 bridgehead atoms. The second-order valence-electron chi connectivity index (χ2n) is 4.39. The van der Waals surface area contributed by atoms with Gasteiger partial charge in [0.15, 0.2) is 0 Å². The molecule has 6 nitrogen and oxygen atoms in total. The SMILES string of the molecule is CN(C)CC1CCCN1C(=O)c1ncn[nH]1. The van der Waals surface area contributed by atoms with Crippen LogP contribution in [0, 0.1) is 0 Å². The molecule has 1 aromatic rings. The Kier molecular flexibility index (Phi) is 3.19. The fourth-order valence-electron chi connectivity index (χ4n) is 2.16. The number of aromatic nitrogens is 3. The van der Waals surface area contributed by atoms with Gasteiger partial charge in [0.05, 0.1) is 0 Å². The summed E-state index contributed by atoms with van der Waals surface area (Å²) in [5.74, 6) is 0.299. The van der Waals surface area contributed by atoms with E-state index in [1.54, 1.807) is 0 Å². The number of H-pyrrole nitrogens is 1. The van der Waals surface area contributed by atoms with Gasteiger partial charge in [0.25, 0.3) is 5.91 Å². The molecule has 1 amide bonds. The lowest BCUT2D eigenvalue weighted by molar-refractivity contribution is 0.0704. The lowest BCUT2D eigenvalue weighted by Gasteiger charge is -2.26. The molecular weight excluding hydrogens is 206 g/mol. The molecule has 0 radical (unpaired) electrons. The lowest BCUT2D eigenvalue weighted by atomic mass is 10.2. The van der Waals surface area contributed by atoms with Gasteiger partial charge in [0.1, 0.15) is 6.33 Å². The highest BCUT2D eigenvalue weighted by molar-refractivity contribution is 5.90. The number of hydrogen-bond acceptors (Lipinski definition) is 4. The van der Waals surface area contributed by atoms with Gasteiger partial charge < -0.3 is 9.80 Å². The van der Waals surface area contributed by atoms with Crippen LogP contribution in [0.1, 0.15) is 23.5 Å². The highest BCUT2D eigenvalue weighted by Gasteiger charge is 2.30. The van der Waals surface area contributed by atoms with E-state index in [0.29, 0.717) is 11.9 Å². The first-order valence-electron chi connectivity index (χ1n) is 5.49. The second kappa shape index (κ2) is 4.61. The van der Waals surface area contributed by atoms with Gasteiger partial charge in [-0.15, -0.1) is 0 Å². The van der Waals surface area contributed by atoms with Crippen molar-refractivity contribution in [3.8, 4) is 0 Å². The minimum Gasteiger partial charge on any atom is -0.332 e. The summed E-state index contributed by atoms with van der Waals surface area (Å²) in [6.45, 7) is 1.72. The van der Waals surface area contributed by atoms with Crippen LogP contribution in [0.4, 0.5) is 0 Å². The molecule has 2 heterocycles. The molecule has 0 aromatic carbocycles. The third kappa shape index (κ3) is 2.21. The molecule has 16 heavy (non-hydrogen) atoms. The zero-order valence-corrected chi connectivity index (χ0v) is 9.68. The first-order chi connectivity index (χ1) is 7.68. The summed E-state index contributed by atoms with van der Waals surface area (Å²) in [7, 11) is 4.05. The van der Waals surface area contributed by atoms with Gasteiger partial charge in [-0.3, -0.25) is 9.89 Å².